The summed E-state index contributed by atoms with van der Waals surface area (Å²) in [5, 5.41) is 3.55. The Balaban J connectivity index is 1.38. The van der Waals surface area contributed by atoms with Crippen LogP contribution in [0.25, 0.3) is 0 Å². The van der Waals surface area contributed by atoms with E-state index in [0.717, 1.165) is 26.2 Å². The summed E-state index contributed by atoms with van der Waals surface area (Å²) in [6, 6.07) is 0.710. The molecule has 2 atom stereocenters. The topological polar surface area (TPSA) is 30.5 Å². The molecule has 2 saturated heterocycles. The third kappa shape index (κ3) is 5.36. The van der Waals surface area contributed by atoms with Crippen molar-refractivity contribution < 1.29 is 9.47 Å². The predicted molar refractivity (Wildman–Crippen MR) is 69.3 cm³/mol. The van der Waals surface area contributed by atoms with E-state index in [0.29, 0.717) is 12.1 Å². The Bertz CT molecular complexity index is 187. The summed E-state index contributed by atoms with van der Waals surface area (Å²) in [6.45, 7) is 4.00. The maximum absolute atomic E-state index is 5.70. The van der Waals surface area contributed by atoms with Crippen LogP contribution < -0.4 is 5.32 Å². The minimum Gasteiger partial charge on any atom is -0.381 e. The number of ether oxygens (including phenoxy) is 2. The number of nitrogens with one attached hydrogen (secondary N) is 1. The fourth-order valence-corrected chi connectivity index (χ4v) is 2.78. The molecule has 0 bridgehead atoms. The first-order valence-electron chi connectivity index (χ1n) is 7.38. The molecule has 0 spiro atoms. The molecule has 2 unspecified atom stereocenters. The van der Waals surface area contributed by atoms with Crippen molar-refractivity contribution >= 4 is 0 Å². The highest BCUT2D eigenvalue weighted by Crippen LogP contribution is 2.16. The van der Waals surface area contributed by atoms with Crippen LogP contribution in [0.1, 0.15) is 51.4 Å². The van der Waals surface area contributed by atoms with Gasteiger partial charge in [-0.2, -0.15) is 0 Å². The van der Waals surface area contributed by atoms with E-state index in [1.165, 1.54) is 51.5 Å². The van der Waals surface area contributed by atoms with Crippen LogP contribution in [0.2, 0.25) is 0 Å². The highest BCUT2D eigenvalue weighted by Gasteiger charge is 2.14. The molecule has 0 aromatic rings. The summed E-state index contributed by atoms with van der Waals surface area (Å²) in [7, 11) is 0. The zero-order chi connectivity index (χ0) is 11.8. The molecule has 2 aliphatic heterocycles. The van der Waals surface area contributed by atoms with Crippen molar-refractivity contribution in [1.29, 1.82) is 0 Å². The third-order valence-electron chi connectivity index (χ3n) is 3.86. The molecule has 17 heavy (non-hydrogen) atoms. The lowest BCUT2D eigenvalue weighted by Gasteiger charge is -2.23. The van der Waals surface area contributed by atoms with Gasteiger partial charge in [0.25, 0.3) is 0 Å². The van der Waals surface area contributed by atoms with Gasteiger partial charge in [0.1, 0.15) is 0 Å². The second-order valence-electron chi connectivity index (χ2n) is 5.33. The van der Waals surface area contributed by atoms with E-state index in [4.69, 9.17) is 9.47 Å². The average Bonchev–Trinajstić information content (AvgIpc) is 2.88. The Hall–Kier alpha value is -0.120. The van der Waals surface area contributed by atoms with E-state index >= 15 is 0 Å². The molecule has 2 rings (SSSR count). The first kappa shape index (κ1) is 13.3. The number of rotatable bonds is 7. The maximum atomic E-state index is 5.70. The first-order valence-corrected chi connectivity index (χ1v) is 7.38. The van der Waals surface area contributed by atoms with E-state index in [9.17, 15) is 0 Å². The molecule has 2 heterocycles. The monoisotopic (exact) mass is 241 g/mol. The van der Waals surface area contributed by atoms with Crippen LogP contribution in [0, 0.1) is 0 Å². The summed E-state index contributed by atoms with van der Waals surface area (Å²) in [4.78, 5) is 0. The molecule has 0 radical (unpaired) electrons. The minimum absolute atomic E-state index is 0.526. The smallest absolute Gasteiger partial charge is 0.0576 e. The van der Waals surface area contributed by atoms with Crippen molar-refractivity contribution in [3.8, 4) is 0 Å². The zero-order valence-corrected chi connectivity index (χ0v) is 11.0. The first-order chi connectivity index (χ1) is 8.45. The van der Waals surface area contributed by atoms with Gasteiger partial charge in [0.15, 0.2) is 0 Å². The summed E-state index contributed by atoms with van der Waals surface area (Å²) in [6.07, 6.45) is 10.6. The molecule has 0 saturated carbocycles. The Kier molecular flexibility index (Phi) is 6.32. The fourth-order valence-electron chi connectivity index (χ4n) is 2.78. The molecule has 0 aromatic carbocycles. The van der Waals surface area contributed by atoms with E-state index < -0.39 is 0 Å². The van der Waals surface area contributed by atoms with Crippen molar-refractivity contribution in [3.63, 3.8) is 0 Å². The average molecular weight is 241 g/mol. The van der Waals surface area contributed by atoms with Crippen molar-refractivity contribution in [1.82, 2.24) is 5.32 Å². The van der Waals surface area contributed by atoms with Gasteiger partial charge in [-0.05, 0) is 51.5 Å². The van der Waals surface area contributed by atoms with E-state index in [-0.39, 0.29) is 0 Å². The van der Waals surface area contributed by atoms with Gasteiger partial charge in [-0.1, -0.05) is 6.42 Å². The van der Waals surface area contributed by atoms with Gasteiger partial charge in [0.2, 0.25) is 0 Å². The second-order valence-corrected chi connectivity index (χ2v) is 5.33. The molecule has 3 heteroatoms. The SMILES string of the molecule is C1CCC(CCOCCCC2CCCO2)NC1. The molecule has 1 N–H and O–H groups in total. The zero-order valence-electron chi connectivity index (χ0n) is 11.0. The lowest BCUT2D eigenvalue weighted by Crippen LogP contribution is -2.34. The van der Waals surface area contributed by atoms with Gasteiger partial charge >= 0.3 is 0 Å². The lowest BCUT2D eigenvalue weighted by atomic mass is 10.0. The standard InChI is InChI=1S/C14H27NO2/c1-2-9-15-13(5-1)8-12-16-10-3-6-14-7-4-11-17-14/h13-15H,1-12H2. The predicted octanol–water partition coefficient (Wildman–Crippen LogP) is 2.49. The number of hydrogen-bond acceptors (Lipinski definition) is 3. The van der Waals surface area contributed by atoms with Crippen LogP contribution in [0.3, 0.4) is 0 Å². The van der Waals surface area contributed by atoms with Gasteiger partial charge in [-0.25, -0.2) is 0 Å². The van der Waals surface area contributed by atoms with Gasteiger partial charge in [0, 0.05) is 25.9 Å². The van der Waals surface area contributed by atoms with E-state index in [1.807, 2.05) is 0 Å². The Labute approximate surface area is 105 Å². The fraction of sp³-hybridized carbons (Fsp3) is 1.00. The Morgan fingerprint density at radius 1 is 1.06 bits per heavy atom. The summed E-state index contributed by atoms with van der Waals surface area (Å²) < 4.78 is 11.3. The summed E-state index contributed by atoms with van der Waals surface area (Å²) in [5.41, 5.74) is 0. The van der Waals surface area contributed by atoms with Gasteiger partial charge in [-0.3, -0.25) is 0 Å². The lowest BCUT2D eigenvalue weighted by molar-refractivity contribution is 0.0786. The highest BCUT2D eigenvalue weighted by atomic mass is 16.5. The van der Waals surface area contributed by atoms with Crippen LogP contribution in [0.4, 0.5) is 0 Å². The van der Waals surface area contributed by atoms with Crippen molar-refractivity contribution in [2.45, 2.75) is 63.5 Å². The van der Waals surface area contributed by atoms with Gasteiger partial charge in [-0.15, -0.1) is 0 Å². The molecule has 0 aromatic heterocycles. The van der Waals surface area contributed by atoms with Gasteiger partial charge < -0.3 is 14.8 Å². The molecule has 2 fully saturated rings. The van der Waals surface area contributed by atoms with Crippen LogP contribution in [-0.4, -0.2) is 38.5 Å². The van der Waals surface area contributed by atoms with E-state index in [2.05, 4.69) is 5.32 Å². The summed E-state index contributed by atoms with van der Waals surface area (Å²) >= 11 is 0. The number of piperidine rings is 1. The highest BCUT2D eigenvalue weighted by molar-refractivity contribution is 4.71. The minimum atomic E-state index is 0.526. The van der Waals surface area contributed by atoms with Crippen molar-refractivity contribution in [3.05, 3.63) is 0 Å². The largest absolute Gasteiger partial charge is 0.381 e. The van der Waals surface area contributed by atoms with Crippen LogP contribution in [-0.2, 0) is 9.47 Å². The van der Waals surface area contributed by atoms with Crippen LogP contribution >= 0.6 is 0 Å². The van der Waals surface area contributed by atoms with Crippen LogP contribution in [0.5, 0.6) is 0 Å². The molecular weight excluding hydrogens is 214 g/mol. The molecule has 0 aliphatic carbocycles. The number of hydrogen-bond donors (Lipinski definition) is 1. The maximum Gasteiger partial charge on any atom is 0.0576 e. The quantitative estimate of drug-likeness (QED) is 0.695. The molecule has 100 valence electrons. The molecule has 0 amide bonds. The van der Waals surface area contributed by atoms with Crippen LogP contribution in [0.15, 0.2) is 0 Å². The molecule has 2 aliphatic rings. The van der Waals surface area contributed by atoms with Gasteiger partial charge in [0.05, 0.1) is 6.10 Å². The molecular formula is C14H27NO2. The van der Waals surface area contributed by atoms with E-state index in [1.54, 1.807) is 0 Å². The third-order valence-corrected chi connectivity index (χ3v) is 3.86. The van der Waals surface area contributed by atoms with Crippen molar-refractivity contribution in [2.24, 2.45) is 0 Å². The Morgan fingerprint density at radius 2 is 2.06 bits per heavy atom. The Morgan fingerprint density at radius 3 is 2.82 bits per heavy atom. The summed E-state index contributed by atoms with van der Waals surface area (Å²) in [5.74, 6) is 0. The normalized spacial score (nSPS) is 29.6. The van der Waals surface area contributed by atoms with Crippen molar-refractivity contribution in [2.75, 3.05) is 26.4 Å². The molecule has 3 nitrogen and oxygen atoms in total. The second kappa shape index (κ2) is 8.06.